The molecule has 0 bridgehead atoms. The molecular weight excluding hydrogens is 228 g/mol. The summed E-state index contributed by atoms with van der Waals surface area (Å²) in [6, 6.07) is 11.0. The first-order valence-electron chi connectivity index (χ1n) is 5.94. The first-order chi connectivity index (χ1) is 8.27. The lowest BCUT2D eigenvalue weighted by Crippen LogP contribution is -2.21. The highest BCUT2D eigenvalue weighted by Crippen LogP contribution is 2.14. The molecule has 90 valence electrons. The zero-order chi connectivity index (χ0) is 12.1. The third-order valence-electron chi connectivity index (χ3n) is 2.95. The van der Waals surface area contributed by atoms with Crippen LogP contribution in [0.5, 0.6) is 0 Å². The van der Waals surface area contributed by atoms with Crippen LogP contribution in [0.15, 0.2) is 35.8 Å². The Morgan fingerprint density at radius 3 is 2.71 bits per heavy atom. The van der Waals surface area contributed by atoms with Gasteiger partial charge in [0, 0.05) is 17.5 Å². The molecule has 0 radical (unpaired) electrons. The Balaban J connectivity index is 1.81. The number of rotatable bonds is 5. The van der Waals surface area contributed by atoms with Gasteiger partial charge in [-0.15, -0.1) is 11.3 Å². The van der Waals surface area contributed by atoms with Crippen LogP contribution in [0.2, 0.25) is 0 Å². The molecule has 0 aliphatic heterocycles. The molecule has 0 spiro atoms. The minimum atomic E-state index is 0.407. The van der Waals surface area contributed by atoms with Crippen LogP contribution < -0.4 is 5.32 Å². The summed E-state index contributed by atoms with van der Waals surface area (Å²) in [5, 5.41) is 3.54. The van der Waals surface area contributed by atoms with E-state index in [1.165, 1.54) is 16.1 Å². The van der Waals surface area contributed by atoms with E-state index in [4.69, 9.17) is 0 Å². The van der Waals surface area contributed by atoms with Crippen molar-refractivity contribution in [3.05, 3.63) is 52.0 Å². The van der Waals surface area contributed by atoms with Crippen LogP contribution in [0.4, 0.5) is 0 Å². The van der Waals surface area contributed by atoms with Gasteiger partial charge in [0.25, 0.3) is 0 Å². The van der Waals surface area contributed by atoms with Gasteiger partial charge in [0.15, 0.2) is 0 Å². The van der Waals surface area contributed by atoms with Crippen molar-refractivity contribution in [2.24, 2.45) is 0 Å². The fourth-order valence-electron chi connectivity index (χ4n) is 1.83. The number of hydrogen-bond donors (Lipinski definition) is 1. The summed E-state index contributed by atoms with van der Waals surface area (Å²) in [5.41, 5.74) is 4.43. The Hall–Kier alpha value is -1.19. The summed E-state index contributed by atoms with van der Waals surface area (Å²) in [5.74, 6) is 0. The molecule has 0 amide bonds. The SMILES string of the molecule is Cc1ncsc1CCN[C@@H](C)c1ccccc1. The van der Waals surface area contributed by atoms with Crippen molar-refractivity contribution in [3.8, 4) is 0 Å². The van der Waals surface area contributed by atoms with E-state index >= 15 is 0 Å². The molecule has 0 aliphatic rings. The second-order valence-electron chi connectivity index (χ2n) is 4.20. The average Bonchev–Trinajstić information content (AvgIpc) is 2.76. The lowest BCUT2D eigenvalue weighted by molar-refractivity contribution is 0.578. The van der Waals surface area contributed by atoms with Crippen LogP contribution in [0, 0.1) is 6.92 Å². The zero-order valence-corrected chi connectivity index (χ0v) is 11.1. The number of benzene rings is 1. The molecule has 1 N–H and O–H groups in total. The molecule has 1 aromatic heterocycles. The Morgan fingerprint density at radius 2 is 2.06 bits per heavy atom. The highest BCUT2D eigenvalue weighted by atomic mass is 32.1. The lowest BCUT2D eigenvalue weighted by Gasteiger charge is -2.13. The number of nitrogens with one attached hydrogen (secondary N) is 1. The van der Waals surface area contributed by atoms with Crippen molar-refractivity contribution >= 4 is 11.3 Å². The summed E-state index contributed by atoms with van der Waals surface area (Å²) in [4.78, 5) is 5.65. The van der Waals surface area contributed by atoms with Gasteiger partial charge in [0.05, 0.1) is 11.2 Å². The highest BCUT2D eigenvalue weighted by molar-refractivity contribution is 7.09. The number of hydrogen-bond acceptors (Lipinski definition) is 3. The quantitative estimate of drug-likeness (QED) is 0.875. The molecule has 0 saturated carbocycles. The molecule has 0 aliphatic carbocycles. The summed E-state index contributed by atoms with van der Waals surface area (Å²) < 4.78 is 0. The second-order valence-corrected chi connectivity index (χ2v) is 5.14. The van der Waals surface area contributed by atoms with Gasteiger partial charge in [-0.25, -0.2) is 4.98 Å². The van der Waals surface area contributed by atoms with Crippen molar-refractivity contribution in [1.82, 2.24) is 10.3 Å². The van der Waals surface area contributed by atoms with Gasteiger partial charge >= 0.3 is 0 Å². The molecule has 0 saturated heterocycles. The number of aromatic nitrogens is 1. The van der Waals surface area contributed by atoms with Crippen molar-refractivity contribution in [3.63, 3.8) is 0 Å². The maximum Gasteiger partial charge on any atom is 0.0797 e. The summed E-state index contributed by atoms with van der Waals surface area (Å²) in [6.45, 7) is 5.28. The molecule has 2 nitrogen and oxygen atoms in total. The van der Waals surface area contributed by atoms with Crippen LogP contribution >= 0.6 is 11.3 Å². The van der Waals surface area contributed by atoms with Crippen LogP contribution in [-0.2, 0) is 6.42 Å². The Morgan fingerprint density at radius 1 is 1.29 bits per heavy atom. The number of thiazole rings is 1. The molecular formula is C14H18N2S. The smallest absolute Gasteiger partial charge is 0.0797 e. The molecule has 3 heteroatoms. The molecule has 0 fully saturated rings. The maximum atomic E-state index is 4.26. The molecule has 1 heterocycles. The van der Waals surface area contributed by atoms with Gasteiger partial charge in [0.1, 0.15) is 0 Å². The van der Waals surface area contributed by atoms with Crippen LogP contribution in [0.25, 0.3) is 0 Å². The largest absolute Gasteiger partial charge is 0.310 e. The fourth-order valence-corrected chi connectivity index (χ4v) is 2.61. The molecule has 17 heavy (non-hydrogen) atoms. The molecule has 0 unspecified atom stereocenters. The van der Waals surface area contributed by atoms with E-state index in [1.54, 1.807) is 11.3 Å². The minimum absolute atomic E-state index is 0.407. The monoisotopic (exact) mass is 246 g/mol. The first kappa shape index (κ1) is 12.3. The van der Waals surface area contributed by atoms with E-state index in [2.05, 4.69) is 54.5 Å². The third-order valence-corrected chi connectivity index (χ3v) is 3.94. The van der Waals surface area contributed by atoms with Gasteiger partial charge < -0.3 is 5.32 Å². The van der Waals surface area contributed by atoms with Crippen molar-refractivity contribution in [1.29, 1.82) is 0 Å². The van der Waals surface area contributed by atoms with E-state index in [1.807, 2.05) is 5.51 Å². The topological polar surface area (TPSA) is 24.9 Å². The summed E-state index contributed by atoms with van der Waals surface area (Å²) >= 11 is 1.75. The second kappa shape index (κ2) is 5.94. The number of nitrogens with zero attached hydrogens (tertiary/aromatic N) is 1. The maximum absolute atomic E-state index is 4.26. The van der Waals surface area contributed by atoms with E-state index in [9.17, 15) is 0 Å². The Bertz CT molecular complexity index is 450. The van der Waals surface area contributed by atoms with Crippen molar-refractivity contribution < 1.29 is 0 Å². The van der Waals surface area contributed by atoms with E-state index < -0.39 is 0 Å². The molecule has 1 aromatic carbocycles. The zero-order valence-electron chi connectivity index (χ0n) is 10.3. The molecule has 2 rings (SSSR count). The van der Waals surface area contributed by atoms with Gasteiger partial charge in [-0.3, -0.25) is 0 Å². The van der Waals surface area contributed by atoms with Gasteiger partial charge in [-0.1, -0.05) is 30.3 Å². The molecule has 1 atom stereocenters. The van der Waals surface area contributed by atoms with Crippen LogP contribution in [0.3, 0.4) is 0 Å². The average molecular weight is 246 g/mol. The first-order valence-corrected chi connectivity index (χ1v) is 6.82. The minimum Gasteiger partial charge on any atom is -0.310 e. The van der Waals surface area contributed by atoms with E-state index in [-0.39, 0.29) is 0 Å². The summed E-state index contributed by atoms with van der Waals surface area (Å²) in [7, 11) is 0. The predicted molar refractivity (Wildman–Crippen MR) is 73.4 cm³/mol. The third kappa shape index (κ3) is 3.38. The Labute approximate surface area is 107 Å². The standard InChI is InChI=1S/C14H18N2S/c1-11(13-6-4-3-5-7-13)15-9-8-14-12(2)16-10-17-14/h3-7,10-11,15H,8-9H2,1-2H3/t11-/m0/s1. The predicted octanol–water partition coefficient (Wildman–Crippen LogP) is 3.34. The van der Waals surface area contributed by atoms with E-state index in [0.717, 1.165) is 13.0 Å². The van der Waals surface area contributed by atoms with Crippen molar-refractivity contribution in [2.45, 2.75) is 26.3 Å². The van der Waals surface area contributed by atoms with Gasteiger partial charge in [-0.2, -0.15) is 0 Å². The lowest BCUT2D eigenvalue weighted by atomic mass is 10.1. The van der Waals surface area contributed by atoms with Gasteiger partial charge in [0.2, 0.25) is 0 Å². The van der Waals surface area contributed by atoms with Gasteiger partial charge in [-0.05, 0) is 25.8 Å². The number of aryl methyl sites for hydroxylation is 1. The molecule has 2 aromatic rings. The van der Waals surface area contributed by atoms with E-state index in [0.29, 0.717) is 6.04 Å². The summed E-state index contributed by atoms with van der Waals surface area (Å²) in [6.07, 6.45) is 1.06. The highest BCUT2D eigenvalue weighted by Gasteiger charge is 2.05. The fraction of sp³-hybridized carbons (Fsp3) is 0.357. The van der Waals surface area contributed by atoms with Crippen molar-refractivity contribution in [2.75, 3.05) is 6.54 Å². The normalized spacial score (nSPS) is 12.6. The van der Waals surface area contributed by atoms with Crippen LogP contribution in [-0.4, -0.2) is 11.5 Å². The van der Waals surface area contributed by atoms with Crippen LogP contribution in [0.1, 0.15) is 29.1 Å². The Kier molecular flexibility index (Phi) is 4.29.